The molecule has 0 aromatic heterocycles. The SMILES string of the molecule is CCOc1ccc(NC(=O)[C@H](C)[NH+]2CCN(C(C)=O)CC2)cc1. The number of anilines is 1. The lowest BCUT2D eigenvalue weighted by molar-refractivity contribution is -0.917. The second-order valence-electron chi connectivity index (χ2n) is 5.83. The van der Waals surface area contributed by atoms with Gasteiger partial charge in [-0.2, -0.15) is 0 Å². The normalized spacial score (nSPS) is 16.7. The average Bonchev–Trinajstić information content (AvgIpc) is 2.56. The van der Waals surface area contributed by atoms with Crippen LogP contribution >= 0.6 is 0 Å². The van der Waals surface area contributed by atoms with Gasteiger partial charge in [0.25, 0.3) is 5.91 Å². The average molecular weight is 320 g/mol. The van der Waals surface area contributed by atoms with E-state index < -0.39 is 0 Å². The van der Waals surface area contributed by atoms with Crippen LogP contribution in [0.15, 0.2) is 24.3 Å². The summed E-state index contributed by atoms with van der Waals surface area (Å²) in [5.74, 6) is 0.903. The maximum atomic E-state index is 12.4. The molecule has 0 spiro atoms. The molecule has 2 amide bonds. The van der Waals surface area contributed by atoms with Gasteiger partial charge >= 0.3 is 0 Å². The van der Waals surface area contributed by atoms with E-state index in [0.29, 0.717) is 19.7 Å². The van der Waals surface area contributed by atoms with E-state index in [-0.39, 0.29) is 17.9 Å². The highest BCUT2D eigenvalue weighted by Gasteiger charge is 2.29. The summed E-state index contributed by atoms with van der Waals surface area (Å²) in [5, 5.41) is 2.95. The fourth-order valence-electron chi connectivity index (χ4n) is 2.78. The van der Waals surface area contributed by atoms with Gasteiger partial charge in [0.1, 0.15) is 5.75 Å². The minimum absolute atomic E-state index is 0.000403. The summed E-state index contributed by atoms with van der Waals surface area (Å²) in [6.07, 6.45) is 0. The molecule has 23 heavy (non-hydrogen) atoms. The van der Waals surface area contributed by atoms with Crippen molar-refractivity contribution in [2.24, 2.45) is 0 Å². The van der Waals surface area contributed by atoms with Crippen molar-refractivity contribution >= 4 is 17.5 Å². The third-order valence-corrected chi connectivity index (χ3v) is 4.29. The Morgan fingerprint density at radius 2 is 1.87 bits per heavy atom. The molecule has 1 aromatic rings. The molecule has 126 valence electrons. The van der Waals surface area contributed by atoms with Crippen molar-refractivity contribution in [2.75, 3.05) is 38.1 Å². The number of hydrogen-bond donors (Lipinski definition) is 2. The first-order valence-electron chi connectivity index (χ1n) is 8.15. The molecule has 0 saturated carbocycles. The number of benzene rings is 1. The fourth-order valence-corrected chi connectivity index (χ4v) is 2.78. The van der Waals surface area contributed by atoms with Gasteiger partial charge < -0.3 is 19.9 Å². The van der Waals surface area contributed by atoms with Crippen molar-refractivity contribution in [2.45, 2.75) is 26.8 Å². The molecule has 1 atom stereocenters. The summed E-state index contributed by atoms with van der Waals surface area (Å²) in [6, 6.07) is 7.25. The molecule has 0 unspecified atom stereocenters. The zero-order valence-corrected chi connectivity index (χ0v) is 14.1. The maximum absolute atomic E-state index is 12.4. The molecule has 6 heteroatoms. The number of hydrogen-bond acceptors (Lipinski definition) is 3. The molecular weight excluding hydrogens is 294 g/mol. The van der Waals surface area contributed by atoms with E-state index in [4.69, 9.17) is 4.74 Å². The summed E-state index contributed by atoms with van der Waals surface area (Å²) < 4.78 is 5.39. The van der Waals surface area contributed by atoms with Gasteiger partial charge in [0, 0.05) is 12.6 Å². The third-order valence-electron chi connectivity index (χ3n) is 4.29. The van der Waals surface area contributed by atoms with Crippen molar-refractivity contribution in [1.82, 2.24) is 4.90 Å². The van der Waals surface area contributed by atoms with Gasteiger partial charge in [-0.1, -0.05) is 0 Å². The molecule has 1 heterocycles. The van der Waals surface area contributed by atoms with Crippen LogP contribution in [0, 0.1) is 0 Å². The van der Waals surface area contributed by atoms with Crippen LogP contribution in [0.1, 0.15) is 20.8 Å². The van der Waals surface area contributed by atoms with Crippen molar-refractivity contribution in [3.05, 3.63) is 24.3 Å². The predicted octanol–water partition coefficient (Wildman–Crippen LogP) is 0.159. The van der Waals surface area contributed by atoms with Crippen molar-refractivity contribution in [3.8, 4) is 5.75 Å². The van der Waals surface area contributed by atoms with Crippen LogP contribution in [0.25, 0.3) is 0 Å². The minimum atomic E-state index is -0.143. The number of carbonyl (C=O) groups is 2. The van der Waals surface area contributed by atoms with Gasteiger partial charge in [-0.3, -0.25) is 9.59 Å². The number of nitrogens with one attached hydrogen (secondary N) is 2. The Morgan fingerprint density at radius 3 is 2.39 bits per heavy atom. The van der Waals surface area contributed by atoms with Crippen LogP contribution in [0.4, 0.5) is 5.69 Å². The molecule has 2 rings (SSSR count). The molecule has 1 saturated heterocycles. The maximum Gasteiger partial charge on any atom is 0.282 e. The molecule has 1 aliphatic heterocycles. The second kappa shape index (κ2) is 7.97. The number of carbonyl (C=O) groups excluding carboxylic acids is 2. The topological polar surface area (TPSA) is 63.1 Å². The van der Waals surface area contributed by atoms with Crippen LogP contribution in [-0.4, -0.2) is 55.5 Å². The Hall–Kier alpha value is -2.08. The lowest BCUT2D eigenvalue weighted by Crippen LogP contribution is -3.19. The van der Waals surface area contributed by atoms with Crippen molar-refractivity contribution in [3.63, 3.8) is 0 Å². The monoisotopic (exact) mass is 320 g/mol. The summed E-state index contributed by atoms with van der Waals surface area (Å²) in [6.45, 7) is 9.12. The largest absolute Gasteiger partial charge is 0.494 e. The molecule has 1 fully saturated rings. The van der Waals surface area contributed by atoms with Crippen molar-refractivity contribution < 1.29 is 19.2 Å². The van der Waals surface area contributed by atoms with E-state index in [1.54, 1.807) is 6.92 Å². The summed E-state index contributed by atoms with van der Waals surface area (Å²) in [7, 11) is 0. The van der Waals surface area contributed by atoms with Gasteiger partial charge in [0.2, 0.25) is 5.91 Å². The highest BCUT2D eigenvalue weighted by atomic mass is 16.5. The van der Waals surface area contributed by atoms with Crippen molar-refractivity contribution in [1.29, 1.82) is 0 Å². The third kappa shape index (κ3) is 4.69. The number of nitrogens with zero attached hydrogens (tertiary/aromatic N) is 1. The first-order chi connectivity index (χ1) is 11.0. The smallest absolute Gasteiger partial charge is 0.282 e. The first-order valence-corrected chi connectivity index (χ1v) is 8.15. The molecule has 6 nitrogen and oxygen atoms in total. The Balaban J connectivity index is 1.86. The summed E-state index contributed by atoms with van der Waals surface area (Å²) in [4.78, 5) is 26.8. The number of ether oxygens (including phenoxy) is 1. The molecule has 0 radical (unpaired) electrons. The van der Waals surface area contributed by atoms with E-state index >= 15 is 0 Å². The lowest BCUT2D eigenvalue weighted by atomic mass is 10.2. The van der Waals surface area contributed by atoms with Gasteiger partial charge in [-0.25, -0.2) is 0 Å². The Morgan fingerprint density at radius 1 is 1.26 bits per heavy atom. The zero-order chi connectivity index (χ0) is 16.8. The zero-order valence-electron chi connectivity index (χ0n) is 14.1. The van der Waals surface area contributed by atoms with E-state index in [0.717, 1.165) is 24.5 Å². The minimum Gasteiger partial charge on any atom is -0.494 e. The fraction of sp³-hybridized carbons (Fsp3) is 0.529. The molecular formula is C17H26N3O3+. The molecule has 0 bridgehead atoms. The number of amides is 2. The number of piperazine rings is 1. The number of rotatable bonds is 5. The Bertz CT molecular complexity index is 537. The van der Waals surface area contributed by atoms with E-state index in [2.05, 4.69) is 5.32 Å². The van der Waals surface area contributed by atoms with Gasteiger partial charge in [-0.15, -0.1) is 0 Å². The molecule has 2 N–H and O–H groups in total. The van der Waals surface area contributed by atoms with Gasteiger partial charge in [0.05, 0.1) is 32.8 Å². The molecule has 1 aliphatic rings. The summed E-state index contributed by atoms with van der Waals surface area (Å²) >= 11 is 0. The number of quaternary nitrogens is 1. The Kier molecular flexibility index (Phi) is 5.98. The second-order valence-corrected chi connectivity index (χ2v) is 5.83. The lowest BCUT2D eigenvalue weighted by Gasteiger charge is -2.34. The van der Waals surface area contributed by atoms with Crippen LogP contribution in [0.2, 0.25) is 0 Å². The highest BCUT2D eigenvalue weighted by molar-refractivity contribution is 5.93. The van der Waals surface area contributed by atoms with Gasteiger partial charge in [0.15, 0.2) is 6.04 Å². The standard InChI is InChI=1S/C17H25N3O3/c1-4-23-16-7-5-15(6-8-16)18-17(22)13(2)19-9-11-20(12-10-19)14(3)21/h5-8,13H,4,9-12H2,1-3H3,(H,18,22)/p+1/t13-/m0/s1. The predicted molar refractivity (Wildman–Crippen MR) is 88.7 cm³/mol. The van der Waals surface area contributed by atoms with E-state index in [1.165, 1.54) is 4.90 Å². The van der Waals surface area contributed by atoms with E-state index in [1.807, 2.05) is 43.0 Å². The van der Waals surface area contributed by atoms with E-state index in [9.17, 15) is 9.59 Å². The summed E-state index contributed by atoms with van der Waals surface area (Å²) in [5.41, 5.74) is 0.770. The van der Waals surface area contributed by atoms with Crippen LogP contribution < -0.4 is 15.0 Å². The highest BCUT2D eigenvalue weighted by Crippen LogP contribution is 2.15. The Labute approximate surface area is 137 Å². The molecule has 1 aromatic carbocycles. The first kappa shape index (κ1) is 17.3. The quantitative estimate of drug-likeness (QED) is 0.812. The van der Waals surface area contributed by atoms with Crippen LogP contribution in [-0.2, 0) is 9.59 Å². The van der Waals surface area contributed by atoms with Gasteiger partial charge in [-0.05, 0) is 38.1 Å². The van der Waals surface area contributed by atoms with Crippen LogP contribution in [0.3, 0.4) is 0 Å². The van der Waals surface area contributed by atoms with Crippen LogP contribution in [0.5, 0.6) is 5.75 Å². The molecule has 0 aliphatic carbocycles.